The van der Waals surface area contributed by atoms with Gasteiger partial charge in [0.15, 0.2) is 0 Å². The number of unbranched alkanes of at least 4 members (excludes halogenated alkanes) is 7. The fraction of sp³-hybridized carbons (Fsp3) is 0.541. The van der Waals surface area contributed by atoms with Gasteiger partial charge in [0.1, 0.15) is 10.4 Å². The highest BCUT2D eigenvalue weighted by Crippen LogP contribution is 2.37. The molecule has 3 aliphatic rings. The second-order valence-corrected chi connectivity index (χ2v) is 14.6. The molecule has 0 bridgehead atoms. The number of thiophene rings is 1. The lowest BCUT2D eigenvalue weighted by molar-refractivity contribution is -0.133. The Labute approximate surface area is 288 Å². The Morgan fingerprint density at radius 1 is 0.917 bits per heavy atom. The van der Waals surface area contributed by atoms with Gasteiger partial charge in [-0.25, -0.2) is 0 Å². The second-order valence-electron chi connectivity index (χ2n) is 13.6. The zero-order valence-corrected chi connectivity index (χ0v) is 29.2. The molecule has 10 nitrogen and oxygen atoms in total. The third-order valence-electron chi connectivity index (χ3n) is 10.3. The minimum absolute atomic E-state index is 0.0367. The van der Waals surface area contributed by atoms with E-state index in [2.05, 4.69) is 39.8 Å². The summed E-state index contributed by atoms with van der Waals surface area (Å²) in [5.74, 6) is -0.307. The molecule has 1 spiro atoms. The van der Waals surface area contributed by atoms with E-state index in [1.807, 2.05) is 41.1 Å². The summed E-state index contributed by atoms with van der Waals surface area (Å²) in [5.41, 5.74) is 7.73. The van der Waals surface area contributed by atoms with Crippen molar-refractivity contribution in [3.8, 4) is 0 Å². The Kier molecular flexibility index (Phi) is 11.3. The van der Waals surface area contributed by atoms with Gasteiger partial charge in [0.25, 0.3) is 11.8 Å². The molecule has 0 unspecified atom stereocenters. The summed E-state index contributed by atoms with van der Waals surface area (Å²) >= 11 is 1.41. The summed E-state index contributed by atoms with van der Waals surface area (Å²) in [4.78, 5) is 50.3. The van der Waals surface area contributed by atoms with Gasteiger partial charge in [-0.2, -0.15) is 0 Å². The highest BCUT2D eigenvalue weighted by atomic mass is 32.1. The lowest BCUT2D eigenvalue weighted by Crippen LogP contribution is -2.71. The van der Waals surface area contributed by atoms with Crippen molar-refractivity contribution in [3.05, 3.63) is 64.5 Å². The number of fused-ring (bicyclic) bond motifs is 1. The van der Waals surface area contributed by atoms with Crippen LogP contribution in [0.4, 0.5) is 5.69 Å². The van der Waals surface area contributed by atoms with Gasteiger partial charge in [-0.15, -0.1) is 11.3 Å². The van der Waals surface area contributed by atoms with Crippen LogP contribution in [0.15, 0.2) is 48.5 Å². The van der Waals surface area contributed by atoms with Gasteiger partial charge in [-0.1, -0.05) is 74.9 Å². The van der Waals surface area contributed by atoms with Gasteiger partial charge in [0.05, 0.1) is 25.3 Å². The van der Waals surface area contributed by atoms with E-state index in [1.165, 1.54) is 42.7 Å². The van der Waals surface area contributed by atoms with Crippen molar-refractivity contribution >= 4 is 44.8 Å². The standard InChI is InChI=1S/C37H51N7O3S/c1-41-27-40-36(47)37(41)25-44(26-37)34(45)32-29-15-9-11-17-31(29)48-33(32)35(46)43(21-13-7-5-3-2-4-6-12-18-38)24-28-14-8-10-16-30(28)42-22-19-39-20-23-42/h8-11,14-17,39H,2-7,12-13,18-27,38H2,1H3,(H,40,47). The molecule has 6 rings (SSSR count). The first-order valence-corrected chi connectivity index (χ1v) is 18.6. The van der Waals surface area contributed by atoms with Crippen LogP contribution in [0.3, 0.4) is 0 Å². The number of nitrogens with one attached hydrogen (secondary N) is 2. The quantitative estimate of drug-likeness (QED) is 0.207. The molecule has 3 saturated heterocycles. The maximum atomic E-state index is 14.7. The Balaban J connectivity index is 1.24. The molecule has 4 heterocycles. The number of benzene rings is 2. The molecule has 11 heteroatoms. The average Bonchev–Trinajstić information content (AvgIpc) is 3.63. The second kappa shape index (κ2) is 15.8. The number of nitrogens with zero attached hydrogens (tertiary/aromatic N) is 4. The number of amides is 3. The van der Waals surface area contributed by atoms with Crippen molar-refractivity contribution in [1.82, 2.24) is 25.3 Å². The van der Waals surface area contributed by atoms with Crippen molar-refractivity contribution in [2.24, 2.45) is 5.73 Å². The van der Waals surface area contributed by atoms with Crippen LogP contribution in [0.1, 0.15) is 77.0 Å². The van der Waals surface area contributed by atoms with Crippen molar-refractivity contribution in [2.75, 3.05) is 71.0 Å². The Bertz CT molecular complexity index is 1580. The average molecular weight is 674 g/mol. The summed E-state index contributed by atoms with van der Waals surface area (Å²) in [5, 5.41) is 7.15. The predicted octanol–water partition coefficient (Wildman–Crippen LogP) is 4.25. The number of hydrogen-bond donors (Lipinski definition) is 3. The number of rotatable bonds is 15. The van der Waals surface area contributed by atoms with E-state index in [9.17, 15) is 14.4 Å². The van der Waals surface area contributed by atoms with Gasteiger partial charge in [0.2, 0.25) is 5.91 Å². The van der Waals surface area contributed by atoms with Crippen LogP contribution in [0, 0.1) is 0 Å². The van der Waals surface area contributed by atoms with Gasteiger partial charge in [-0.3, -0.25) is 19.3 Å². The van der Waals surface area contributed by atoms with E-state index in [0.717, 1.165) is 74.1 Å². The molecule has 2 aromatic carbocycles. The van der Waals surface area contributed by atoms with E-state index in [1.54, 1.807) is 4.90 Å². The number of anilines is 1. The molecule has 0 saturated carbocycles. The molecule has 3 aromatic rings. The first kappa shape index (κ1) is 34.4. The van der Waals surface area contributed by atoms with Crippen LogP contribution in [0.25, 0.3) is 10.1 Å². The van der Waals surface area contributed by atoms with Crippen molar-refractivity contribution in [1.29, 1.82) is 0 Å². The smallest absolute Gasteiger partial charge is 0.265 e. The topological polar surface area (TPSA) is 114 Å². The maximum Gasteiger partial charge on any atom is 0.265 e. The number of hydrogen-bond acceptors (Lipinski definition) is 8. The SMILES string of the molecule is CN1CNC(=O)C12CN(C(=O)c1c(C(=O)N(CCCCCCCCCCN)Cc3ccccc3N3CCNCC3)sc3ccccc13)C2. The molecule has 3 amide bonds. The van der Waals surface area contributed by atoms with Crippen molar-refractivity contribution < 1.29 is 14.4 Å². The van der Waals surface area contributed by atoms with E-state index >= 15 is 0 Å². The molecule has 1 aromatic heterocycles. The Morgan fingerprint density at radius 3 is 2.29 bits per heavy atom. The Morgan fingerprint density at radius 2 is 1.58 bits per heavy atom. The summed E-state index contributed by atoms with van der Waals surface area (Å²) in [6.45, 7) is 6.72. The molecule has 48 heavy (non-hydrogen) atoms. The molecule has 0 aliphatic carbocycles. The maximum absolute atomic E-state index is 14.7. The molecule has 258 valence electrons. The normalized spacial score (nSPS) is 17.6. The minimum Gasteiger partial charge on any atom is -0.369 e. The van der Waals surface area contributed by atoms with Crippen LogP contribution in [-0.4, -0.2) is 104 Å². The van der Waals surface area contributed by atoms with E-state index in [-0.39, 0.29) is 17.7 Å². The van der Waals surface area contributed by atoms with Crippen LogP contribution < -0.4 is 21.3 Å². The highest BCUT2D eigenvalue weighted by Gasteiger charge is 2.57. The van der Waals surface area contributed by atoms with Crippen LogP contribution >= 0.6 is 11.3 Å². The lowest BCUT2D eigenvalue weighted by atomic mass is 9.87. The fourth-order valence-corrected chi connectivity index (χ4v) is 8.49. The van der Waals surface area contributed by atoms with Crippen LogP contribution in [-0.2, 0) is 11.3 Å². The number of carbonyl (C=O) groups excluding carboxylic acids is 3. The number of nitrogens with two attached hydrogens (primary N) is 1. The number of piperazine rings is 1. The molecular weight excluding hydrogens is 623 g/mol. The number of para-hydroxylation sites is 1. The molecule has 0 atom stereocenters. The largest absolute Gasteiger partial charge is 0.369 e. The van der Waals surface area contributed by atoms with Crippen molar-refractivity contribution in [2.45, 2.75) is 63.5 Å². The van der Waals surface area contributed by atoms with Crippen LogP contribution in [0.5, 0.6) is 0 Å². The van der Waals surface area contributed by atoms with E-state index < -0.39 is 5.54 Å². The van der Waals surface area contributed by atoms with Gasteiger partial charge < -0.3 is 31.1 Å². The Hall–Kier alpha value is -3.51. The summed E-state index contributed by atoms with van der Waals surface area (Å²) in [6.07, 6.45) is 9.06. The number of carbonyl (C=O) groups is 3. The monoisotopic (exact) mass is 673 g/mol. The number of likely N-dealkylation sites (tertiary alicyclic amines) is 1. The highest BCUT2D eigenvalue weighted by molar-refractivity contribution is 7.21. The van der Waals surface area contributed by atoms with Gasteiger partial charge in [0, 0.05) is 55.0 Å². The van der Waals surface area contributed by atoms with Gasteiger partial charge in [-0.05, 0) is 44.1 Å². The predicted molar refractivity (Wildman–Crippen MR) is 193 cm³/mol. The lowest BCUT2D eigenvalue weighted by Gasteiger charge is -2.49. The molecule has 3 aliphatic heterocycles. The molecule has 3 fully saturated rings. The first-order valence-electron chi connectivity index (χ1n) is 17.8. The van der Waals surface area contributed by atoms with E-state index in [0.29, 0.717) is 43.3 Å². The minimum atomic E-state index is -0.685. The summed E-state index contributed by atoms with van der Waals surface area (Å²) in [6, 6.07) is 16.2. The van der Waals surface area contributed by atoms with Crippen LogP contribution in [0.2, 0.25) is 0 Å². The zero-order chi connectivity index (χ0) is 33.5. The molecule has 4 N–H and O–H groups in total. The first-order chi connectivity index (χ1) is 23.4. The zero-order valence-electron chi connectivity index (χ0n) is 28.3. The third kappa shape index (κ3) is 7.24. The summed E-state index contributed by atoms with van der Waals surface area (Å²) < 4.78 is 0.922. The fourth-order valence-electron chi connectivity index (χ4n) is 7.33. The van der Waals surface area contributed by atoms with Crippen molar-refractivity contribution in [3.63, 3.8) is 0 Å². The third-order valence-corrected chi connectivity index (χ3v) is 11.5. The molecule has 0 radical (unpaired) electrons. The summed E-state index contributed by atoms with van der Waals surface area (Å²) in [7, 11) is 1.91. The molecular formula is C37H51N7O3S. The number of likely N-dealkylation sites (N-methyl/N-ethyl adjacent to an activating group) is 1. The van der Waals surface area contributed by atoms with E-state index in [4.69, 9.17) is 5.73 Å². The van der Waals surface area contributed by atoms with Gasteiger partial charge >= 0.3 is 0 Å².